The Balaban J connectivity index is 1.34. The molecule has 2 aromatic rings. The van der Waals surface area contributed by atoms with Gasteiger partial charge in [-0.1, -0.05) is 24.5 Å². The molecule has 1 atom stereocenters. The maximum Gasteiger partial charge on any atom is 0.335 e. The summed E-state index contributed by atoms with van der Waals surface area (Å²) in [6.45, 7) is 2.81. The molecule has 2 N–H and O–H groups in total. The van der Waals surface area contributed by atoms with Gasteiger partial charge in [0.25, 0.3) is 5.91 Å². The lowest BCUT2D eigenvalue weighted by atomic mass is 9.84. The minimum Gasteiger partial charge on any atom is -0.478 e. The molecule has 10 heteroatoms. The Labute approximate surface area is 232 Å². The molecule has 2 aliphatic heterocycles. The zero-order chi connectivity index (χ0) is 28.6. The molecule has 3 amide bonds. The van der Waals surface area contributed by atoms with E-state index in [1.807, 2.05) is 4.90 Å². The van der Waals surface area contributed by atoms with Crippen molar-refractivity contribution in [3.8, 4) is 0 Å². The summed E-state index contributed by atoms with van der Waals surface area (Å²) in [5.74, 6) is -2.48. The van der Waals surface area contributed by atoms with Gasteiger partial charge in [-0.25, -0.2) is 9.18 Å². The molecule has 2 aromatic carbocycles. The standard InChI is InChI=1S/C30H35FN4O5/c1-19-7-12-24(31)23(17-19)26(36)32-25(20-5-3-4-6-20)27(37)34-15-13-30(14-16-34)29(40)33(2)18-35(30)22-10-8-21(9-11-22)28(38)39/h7-12,17,20,25H,3-6,13-16,18H2,1-2H3,(H,32,36)(H,38,39)/t25-/m1/s1. The zero-order valence-corrected chi connectivity index (χ0v) is 22.9. The monoisotopic (exact) mass is 550 g/mol. The first-order valence-corrected chi connectivity index (χ1v) is 13.8. The molecular weight excluding hydrogens is 515 g/mol. The quantitative estimate of drug-likeness (QED) is 0.571. The van der Waals surface area contributed by atoms with Gasteiger partial charge in [0, 0.05) is 25.8 Å². The number of likely N-dealkylation sites (N-methyl/N-ethyl adjacent to an activating group) is 1. The Bertz CT molecular complexity index is 1320. The maximum absolute atomic E-state index is 14.5. The normalized spacial score (nSPS) is 19.8. The van der Waals surface area contributed by atoms with E-state index < -0.39 is 29.3 Å². The molecule has 1 saturated carbocycles. The van der Waals surface area contributed by atoms with Crippen LogP contribution < -0.4 is 10.2 Å². The fourth-order valence-electron chi connectivity index (χ4n) is 6.48. The number of carboxylic acid groups (broad SMARTS) is 1. The molecule has 212 valence electrons. The number of carboxylic acids is 1. The first-order valence-electron chi connectivity index (χ1n) is 13.8. The lowest BCUT2D eigenvalue weighted by molar-refractivity contribution is -0.139. The molecule has 0 bridgehead atoms. The third kappa shape index (κ3) is 5.02. The van der Waals surface area contributed by atoms with Gasteiger partial charge in [0.15, 0.2) is 0 Å². The van der Waals surface area contributed by atoms with E-state index in [-0.39, 0.29) is 28.9 Å². The summed E-state index contributed by atoms with van der Waals surface area (Å²) in [7, 11) is 1.74. The molecule has 3 fully saturated rings. The molecule has 2 saturated heterocycles. The third-order valence-corrected chi connectivity index (χ3v) is 8.73. The van der Waals surface area contributed by atoms with E-state index in [0.717, 1.165) is 36.9 Å². The molecule has 0 unspecified atom stereocenters. The van der Waals surface area contributed by atoms with E-state index in [9.17, 15) is 28.7 Å². The number of aryl methyl sites for hydroxylation is 1. The molecule has 1 aliphatic carbocycles. The minimum absolute atomic E-state index is 0.0244. The number of carbonyl (C=O) groups is 4. The van der Waals surface area contributed by atoms with Crippen molar-refractivity contribution in [2.75, 3.05) is 31.7 Å². The van der Waals surface area contributed by atoms with Crippen molar-refractivity contribution < 1.29 is 28.7 Å². The number of hydrogen-bond donors (Lipinski definition) is 2. The van der Waals surface area contributed by atoms with Gasteiger partial charge >= 0.3 is 5.97 Å². The van der Waals surface area contributed by atoms with Gasteiger partial charge in [0.1, 0.15) is 17.4 Å². The minimum atomic E-state index is -1.02. The van der Waals surface area contributed by atoms with Crippen molar-refractivity contribution in [3.63, 3.8) is 0 Å². The number of benzene rings is 2. The average Bonchev–Trinajstić information content (AvgIpc) is 3.57. The van der Waals surface area contributed by atoms with Gasteiger partial charge in [-0.15, -0.1) is 0 Å². The zero-order valence-electron chi connectivity index (χ0n) is 22.9. The summed E-state index contributed by atoms with van der Waals surface area (Å²) < 4.78 is 14.5. The SMILES string of the molecule is Cc1ccc(F)c(C(=O)N[C@@H](C(=O)N2CCC3(CC2)C(=O)N(C)CN3c2ccc(C(=O)O)cc2)C2CCCC2)c1. The molecular formula is C30H35FN4O5. The second-order valence-corrected chi connectivity index (χ2v) is 11.3. The maximum atomic E-state index is 14.5. The van der Waals surface area contributed by atoms with Gasteiger partial charge in [0.05, 0.1) is 17.8 Å². The van der Waals surface area contributed by atoms with E-state index in [2.05, 4.69) is 5.32 Å². The van der Waals surface area contributed by atoms with Crippen LogP contribution in [-0.4, -0.2) is 77.0 Å². The number of halogens is 1. The van der Waals surface area contributed by atoms with E-state index in [0.29, 0.717) is 32.6 Å². The molecule has 1 spiro atoms. The highest BCUT2D eigenvalue weighted by atomic mass is 19.1. The van der Waals surface area contributed by atoms with Crippen LogP contribution in [0, 0.1) is 18.7 Å². The van der Waals surface area contributed by atoms with Gasteiger partial charge in [-0.2, -0.15) is 0 Å². The van der Waals surface area contributed by atoms with Crippen LogP contribution >= 0.6 is 0 Å². The Hall–Kier alpha value is -3.95. The van der Waals surface area contributed by atoms with Crippen LogP contribution in [0.15, 0.2) is 42.5 Å². The van der Waals surface area contributed by atoms with E-state index >= 15 is 0 Å². The number of likely N-dealkylation sites (tertiary alicyclic amines) is 1. The van der Waals surface area contributed by atoms with Crippen molar-refractivity contribution >= 4 is 29.4 Å². The number of nitrogens with zero attached hydrogens (tertiary/aromatic N) is 3. The van der Waals surface area contributed by atoms with Gasteiger partial charge in [-0.05, 0) is 74.9 Å². The predicted molar refractivity (Wildman–Crippen MR) is 146 cm³/mol. The summed E-state index contributed by atoms with van der Waals surface area (Å²) in [6.07, 6.45) is 4.38. The third-order valence-electron chi connectivity index (χ3n) is 8.73. The van der Waals surface area contributed by atoms with E-state index in [1.165, 1.54) is 24.3 Å². The number of carbonyl (C=O) groups excluding carboxylic acids is 3. The van der Waals surface area contributed by atoms with Crippen molar-refractivity contribution in [2.45, 2.75) is 57.0 Å². The summed E-state index contributed by atoms with van der Waals surface area (Å²) in [6, 6.07) is 10.1. The second-order valence-electron chi connectivity index (χ2n) is 11.3. The highest BCUT2D eigenvalue weighted by Crippen LogP contribution is 2.39. The molecule has 40 heavy (non-hydrogen) atoms. The van der Waals surface area contributed by atoms with Crippen molar-refractivity contribution in [3.05, 3.63) is 65.0 Å². The highest BCUT2D eigenvalue weighted by molar-refractivity contribution is 5.98. The fraction of sp³-hybridized carbons (Fsp3) is 0.467. The Morgan fingerprint density at radius 2 is 1.70 bits per heavy atom. The first-order chi connectivity index (χ1) is 19.1. The lowest BCUT2D eigenvalue weighted by Crippen LogP contribution is -2.60. The fourth-order valence-corrected chi connectivity index (χ4v) is 6.48. The largest absolute Gasteiger partial charge is 0.478 e. The van der Waals surface area contributed by atoms with Crippen LogP contribution in [-0.2, 0) is 9.59 Å². The van der Waals surface area contributed by atoms with Crippen LogP contribution in [0.5, 0.6) is 0 Å². The number of aromatic carboxylic acids is 1. The smallest absolute Gasteiger partial charge is 0.335 e. The number of hydrogen-bond acceptors (Lipinski definition) is 5. The van der Waals surface area contributed by atoms with Gasteiger partial charge < -0.3 is 25.1 Å². The van der Waals surface area contributed by atoms with Crippen LogP contribution in [0.1, 0.15) is 64.8 Å². The number of piperidine rings is 1. The number of amides is 3. The van der Waals surface area contributed by atoms with E-state index in [1.54, 1.807) is 42.0 Å². The van der Waals surface area contributed by atoms with Gasteiger partial charge in [-0.3, -0.25) is 14.4 Å². The van der Waals surface area contributed by atoms with Crippen molar-refractivity contribution in [2.24, 2.45) is 5.92 Å². The highest BCUT2D eigenvalue weighted by Gasteiger charge is 2.53. The predicted octanol–water partition coefficient (Wildman–Crippen LogP) is 3.42. The second kappa shape index (κ2) is 10.9. The lowest BCUT2D eigenvalue weighted by Gasteiger charge is -2.44. The Kier molecular flexibility index (Phi) is 7.53. The van der Waals surface area contributed by atoms with Crippen molar-refractivity contribution in [1.29, 1.82) is 0 Å². The summed E-state index contributed by atoms with van der Waals surface area (Å²) >= 11 is 0. The molecule has 2 heterocycles. The first kappa shape index (κ1) is 27.6. The molecule has 9 nitrogen and oxygen atoms in total. The summed E-state index contributed by atoms with van der Waals surface area (Å²) in [4.78, 5) is 57.1. The van der Waals surface area contributed by atoms with Gasteiger partial charge in [0.2, 0.25) is 11.8 Å². The Morgan fingerprint density at radius 3 is 2.33 bits per heavy atom. The molecule has 0 aromatic heterocycles. The number of anilines is 1. The Morgan fingerprint density at radius 1 is 1.05 bits per heavy atom. The van der Waals surface area contributed by atoms with Crippen LogP contribution in [0.25, 0.3) is 0 Å². The van der Waals surface area contributed by atoms with Crippen LogP contribution in [0.4, 0.5) is 10.1 Å². The average molecular weight is 551 g/mol. The van der Waals surface area contributed by atoms with Crippen LogP contribution in [0.2, 0.25) is 0 Å². The van der Waals surface area contributed by atoms with E-state index in [4.69, 9.17) is 0 Å². The van der Waals surface area contributed by atoms with Crippen LogP contribution in [0.3, 0.4) is 0 Å². The summed E-state index contributed by atoms with van der Waals surface area (Å²) in [5, 5.41) is 12.1. The molecule has 3 aliphatic rings. The number of rotatable bonds is 6. The van der Waals surface area contributed by atoms with Crippen molar-refractivity contribution in [1.82, 2.24) is 15.1 Å². The molecule has 5 rings (SSSR count). The topological polar surface area (TPSA) is 110 Å². The summed E-state index contributed by atoms with van der Waals surface area (Å²) in [5.41, 5.74) is 0.761. The number of nitrogens with one attached hydrogen (secondary N) is 1. The molecule has 0 radical (unpaired) electrons.